The summed E-state index contributed by atoms with van der Waals surface area (Å²) in [4.78, 5) is 42.5. The van der Waals surface area contributed by atoms with Crippen LogP contribution in [0.2, 0.25) is 0 Å². The Morgan fingerprint density at radius 3 is 1.97 bits per heavy atom. The van der Waals surface area contributed by atoms with Crippen molar-refractivity contribution in [3.63, 3.8) is 0 Å². The van der Waals surface area contributed by atoms with Crippen LogP contribution >= 0.6 is 0 Å². The smallest absolute Gasteiger partial charge is 0.163 e. The summed E-state index contributed by atoms with van der Waals surface area (Å²) < 4.78 is 0. The maximum absolute atomic E-state index is 13.4. The molecule has 4 unspecified atom stereocenters. The van der Waals surface area contributed by atoms with E-state index in [2.05, 4.69) is 85.4 Å². The highest BCUT2D eigenvalue weighted by Crippen LogP contribution is 2.41. The van der Waals surface area contributed by atoms with Crippen molar-refractivity contribution in [3.8, 4) is 0 Å². The molecule has 5 nitrogen and oxygen atoms in total. The third kappa shape index (κ3) is 9.84. The summed E-state index contributed by atoms with van der Waals surface area (Å²) >= 11 is 0. The predicted molar refractivity (Wildman–Crippen MR) is 166 cm³/mol. The zero-order valence-electron chi connectivity index (χ0n) is 27.5. The van der Waals surface area contributed by atoms with Crippen LogP contribution in [0.1, 0.15) is 114 Å². The van der Waals surface area contributed by atoms with Crippen LogP contribution in [0, 0.1) is 37.0 Å². The summed E-state index contributed by atoms with van der Waals surface area (Å²) in [6.07, 6.45) is 5.14. The molecule has 1 aromatic carbocycles. The number of hydrogen-bond donors (Lipinski definition) is 0. The van der Waals surface area contributed by atoms with E-state index in [0.717, 1.165) is 53.6 Å². The Labute approximate surface area is 240 Å². The fourth-order valence-corrected chi connectivity index (χ4v) is 6.00. The van der Waals surface area contributed by atoms with E-state index in [-0.39, 0.29) is 47.6 Å². The minimum absolute atomic E-state index is 0.00848. The van der Waals surface area contributed by atoms with Crippen LogP contribution < -0.4 is 4.90 Å². The minimum atomic E-state index is -0.161. The Hall–Kier alpha value is -2.01. The van der Waals surface area contributed by atoms with Crippen molar-refractivity contribution in [2.45, 2.75) is 113 Å². The average molecular weight is 543 g/mol. The highest BCUT2D eigenvalue weighted by molar-refractivity contribution is 6.02. The molecular weight excluding hydrogens is 484 g/mol. The van der Waals surface area contributed by atoms with E-state index < -0.39 is 0 Å². The molecule has 0 radical (unpaired) electrons. The molecule has 0 aromatic heterocycles. The van der Waals surface area contributed by atoms with Gasteiger partial charge in [-0.3, -0.25) is 14.4 Å². The molecule has 222 valence electrons. The Bertz CT molecular complexity index is 987. The molecule has 1 aromatic rings. The minimum Gasteiger partial charge on any atom is -0.377 e. The molecule has 0 saturated heterocycles. The van der Waals surface area contributed by atoms with Gasteiger partial charge in [0.2, 0.25) is 0 Å². The van der Waals surface area contributed by atoms with Gasteiger partial charge in [0.15, 0.2) is 5.78 Å². The third-order valence-corrected chi connectivity index (χ3v) is 8.69. The summed E-state index contributed by atoms with van der Waals surface area (Å²) in [5.74, 6) is 0.368. The number of carbonyl (C=O) groups is 3. The average Bonchev–Trinajstić information content (AvgIpc) is 2.81. The monoisotopic (exact) mass is 542 g/mol. The molecule has 4 atom stereocenters. The summed E-state index contributed by atoms with van der Waals surface area (Å²) in [6, 6.07) is 2.43. The topological polar surface area (TPSA) is 57.7 Å². The Balaban J connectivity index is 0.00000113. The Morgan fingerprint density at radius 2 is 1.56 bits per heavy atom. The number of Topliss-reactive ketones (excluding diaryl/α,β-unsaturated/α-hetero) is 3. The molecule has 0 N–H and O–H groups in total. The highest BCUT2D eigenvalue weighted by Gasteiger charge is 2.38. The van der Waals surface area contributed by atoms with Gasteiger partial charge < -0.3 is 9.80 Å². The van der Waals surface area contributed by atoms with E-state index in [1.807, 2.05) is 14.1 Å². The van der Waals surface area contributed by atoms with E-state index >= 15 is 0 Å². The zero-order chi connectivity index (χ0) is 30.2. The number of nitrogens with zero attached hydrogens (tertiary/aromatic N) is 2. The number of anilines is 1. The molecule has 0 bridgehead atoms. The summed E-state index contributed by atoms with van der Waals surface area (Å²) in [5.41, 5.74) is 5.98. The summed E-state index contributed by atoms with van der Waals surface area (Å²) in [5, 5.41) is 0. The molecule has 0 fully saturated rings. The van der Waals surface area contributed by atoms with Crippen LogP contribution in [0.4, 0.5) is 5.69 Å². The van der Waals surface area contributed by atoms with Gasteiger partial charge in [0.1, 0.15) is 11.6 Å². The second-order valence-electron chi connectivity index (χ2n) is 13.4. The van der Waals surface area contributed by atoms with Gasteiger partial charge in [-0.2, -0.15) is 0 Å². The van der Waals surface area contributed by atoms with Crippen molar-refractivity contribution in [1.82, 2.24) is 4.90 Å². The van der Waals surface area contributed by atoms with Gasteiger partial charge in [0.25, 0.3) is 0 Å². The lowest BCUT2D eigenvalue weighted by Gasteiger charge is -2.39. The summed E-state index contributed by atoms with van der Waals surface area (Å²) in [6.45, 7) is 18.8. The van der Waals surface area contributed by atoms with E-state index in [0.29, 0.717) is 11.8 Å². The first-order valence-electron chi connectivity index (χ1n) is 15.0. The lowest BCUT2D eigenvalue weighted by molar-refractivity contribution is -0.130. The fraction of sp³-hybridized carbons (Fsp3) is 0.735. The molecule has 0 aliphatic heterocycles. The Kier molecular flexibility index (Phi) is 13.6. The number of fused-ring (bicyclic) bond motifs is 1. The largest absolute Gasteiger partial charge is 0.377 e. The van der Waals surface area contributed by atoms with Crippen LogP contribution in [0.3, 0.4) is 0 Å². The van der Waals surface area contributed by atoms with Gasteiger partial charge in [-0.1, -0.05) is 48.0 Å². The third-order valence-electron chi connectivity index (χ3n) is 8.69. The van der Waals surface area contributed by atoms with E-state index in [4.69, 9.17) is 0 Å². The first-order chi connectivity index (χ1) is 18.0. The Morgan fingerprint density at radius 1 is 1.00 bits per heavy atom. The molecule has 2 rings (SSSR count). The number of rotatable bonds is 11. The number of hydrogen-bond acceptors (Lipinski definition) is 5. The van der Waals surface area contributed by atoms with Gasteiger partial charge in [0.05, 0.1) is 6.42 Å². The number of ketones is 3. The van der Waals surface area contributed by atoms with Crippen molar-refractivity contribution in [1.29, 1.82) is 0 Å². The van der Waals surface area contributed by atoms with Crippen LogP contribution in [0.15, 0.2) is 6.07 Å². The molecule has 0 amide bonds. The molecule has 0 saturated carbocycles. The first kappa shape index (κ1) is 35.0. The van der Waals surface area contributed by atoms with E-state index in [9.17, 15) is 14.4 Å². The molecule has 5 heteroatoms. The SMILES string of the molecule is CCC(C(=O)CC(C)=O)C(CC1CC(=O)c2c(C)c(C)cc(N(C)C)c2C1)C(CC)N(C)C.CCC(C)(C)C. The molecular formula is C34H58N2O3. The molecule has 39 heavy (non-hydrogen) atoms. The van der Waals surface area contributed by atoms with Gasteiger partial charge in [0, 0.05) is 43.7 Å². The molecule has 0 spiro atoms. The lowest BCUT2D eigenvalue weighted by Crippen LogP contribution is -2.43. The second kappa shape index (κ2) is 15.1. The van der Waals surface area contributed by atoms with Gasteiger partial charge >= 0.3 is 0 Å². The summed E-state index contributed by atoms with van der Waals surface area (Å²) in [7, 11) is 8.21. The van der Waals surface area contributed by atoms with Gasteiger partial charge in [-0.05, 0) is 101 Å². The molecule has 0 heterocycles. The predicted octanol–water partition coefficient (Wildman–Crippen LogP) is 7.48. The molecule has 1 aliphatic carbocycles. The van der Waals surface area contributed by atoms with Crippen LogP contribution in [0.5, 0.6) is 0 Å². The number of benzene rings is 1. The number of carbonyl (C=O) groups excluding carboxylic acids is 3. The molecule has 1 aliphatic rings. The first-order valence-corrected chi connectivity index (χ1v) is 15.0. The van der Waals surface area contributed by atoms with Gasteiger partial charge in [-0.15, -0.1) is 0 Å². The van der Waals surface area contributed by atoms with Crippen molar-refractivity contribution in [2.24, 2.45) is 23.2 Å². The maximum Gasteiger partial charge on any atom is 0.163 e. The van der Waals surface area contributed by atoms with Gasteiger partial charge in [-0.25, -0.2) is 0 Å². The van der Waals surface area contributed by atoms with E-state index in [1.54, 1.807) is 0 Å². The highest BCUT2D eigenvalue weighted by atomic mass is 16.1. The van der Waals surface area contributed by atoms with Crippen molar-refractivity contribution in [2.75, 3.05) is 33.1 Å². The van der Waals surface area contributed by atoms with E-state index in [1.165, 1.54) is 13.3 Å². The normalized spacial score (nSPS) is 17.6. The van der Waals surface area contributed by atoms with Crippen LogP contribution in [-0.4, -0.2) is 56.5 Å². The number of aryl methyl sites for hydroxylation is 1. The second-order valence-corrected chi connectivity index (χ2v) is 13.4. The van der Waals surface area contributed by atoms with Crippen LogP contribution in [-0.2, 0) is 16.0 Å². The lowest BCUT2D eigenvalue weighted by atomic mass is 9.70. The zero-order valence-corrected chi connectivity index (χ0v) is 27.5. The standard InChI is InChI=1S/C28H44N2O3.C6H14/c1-10-21(26(32)13-18(4)31)22(24(11-2)29(6)7)14-20-15-23-25(30(8)9)12-17(3)19(5)28(23)27(33)16-20;1-5-6(2,3)4/h12,20-22,24H,10-11,13-16H2,1-9H3;5H2,1-4H3. The van der Waals surface area contributed by atoms with Crippen molar-refractivity contribution in [3.05, 3.63) is 28.3 Å². The van der Waals surface area contributed by atoms with Crippen molar-refractivity contribution >= 4 is 23.0 Å². The fourth-order valence-electron chi connectivity index (χ4n) is 6.00. The van der Waals surface area contributed by atoms with Crippen LogP contribution in [0.25, 0.3) is 0 Å². The quantitative estimate of drug-likeness (QED) is 0.271. The van der Waals surface area contributed by atoms with Crippen molar-refractivity contribution < 1.29 is 14.4 Å². The maximum atomic E-state index is 13.4.